The van der Waals surface area contributed by atoms with Crippen LogP contribution < -0.4 is 5.32 Å². The molecule has 1 N–H and O–H groups in total. The smallest absolute Gasteiger partial charge is 0.274 e. The number of nitrogens with one attached hydrogen (secondary N) is 1. The maximum atomic E-state index is 12.9. The largest absolute Gasteiger partial charge is 0.373 e. The zero-order valence-electron chi connectivity index (χ0n) is 16.5. The van der Waals surface area contributed by atoms with Crippen LogP contribution in [-0.4, -0.2) is 69.3 Å². The normalized spacial score (nSPS) is 22.7. The van der Waals surface area contributed by atoms with Crippen molar-refractivity contribution in [1.82, 2.24) is 29.8 Å². The van der Waals surface area contributed by atoms with Crippen molar-refractivity contribution in [3.63, 3.8) is 0 Å². The summed E-state index contributed by atoms with van der Waals surface area (Å²) in [5, 5.41) is 12.5. The molecule has 154 valence electrons. The number of ether oxygens (including phenoxy) is 1. The molecule has 2 unspecified atom stereocenters. The molecule has 2 aromatic heterocycles. The first-order chi connectivity index (χ1) is 13.1. The second-order valence-electron chi connectivity index (χ2n) is 7.53. The van der Waals surface area contributed by atoms with Crippen LogP contribution in [0.1, 0.15) is 40.8 Å². The Morgan fingerprint density at radius 3 is 2.93 bits per heavy atom. The van der Waals surface area contributed by atoms with E-state index in [1.54, 1.807) is 0 Å². The van der Waals surface area contributed by atoms with Crippen molar-refractivity contribution in [2.45, 2.75) is 45.4 Å². The van der Waals surface area contributed by atoms with E-state index in [9.17, 15) is 4.79 Å². The van der Waals surface area contributed by atoms with E-state index in [1.807, 2.05) is 40.4 Å². The summed E-state index contributed by atoms with van der Waals surface area (Å²) in [6, 6.07) is 4.23. The minimum absolute atomic E-state index is 0. The average Bonchev–Trinajstić information content (AvgIpc) is 3.29. The zero-order chi connectivity index (χ0) is 18.8. The summed E-state index contributed by atoms with van der Waals surface area (Å²) in [4.78, 5) is 14.8. The molecule has 0 spiro atoms. The predicted octanol–water partition coefficient (Wildman–Crippen LogP) is 1.58. The Kier molecular flexibility index (Phi) is 6.74. The third-order valence-electron chi connectivity index (χ3n) is 5.38. The van der Waals surface area contributed by atoms with Crippen molar-refractivity contribution in [1.29, 1.82) is 0 Å². The number of amides is 1. The number of piperidine rings is 1. The topological polar surface area (TPSA) is 77.2 Å². The summed E-state index contributed by atoms with van der Waals surface area (Å²) >= 11 is 0. The van der Waals surface area contributed by atoms with Crippen molar-refractivity contribution in [2.75, 3.05) is 32.8 Å². The minimum atomic E-state index is -0.0506. The summed E-state index contributed by atoms with van der Waals surface area (Å²) in [5.41, 5.74) is 2.63. The maximum absolute atomic E-state index is 12.9. The summed E-state index contributed by atoms with van der Waals surface area (Å²) in [6.07, 6.45) is 4.12. The van der Waals surface area contributed by atoms with Crippen molar-refractivity contribution >= 4 is 18.3 Å². The number of morpholine rings is 1. The van der Waals surface area contributed by atoms with Crippen LogP contribution in [-0.2, 0) is 11.3 Å². The Morgan fingerprint density at radius 2 is 2.21 bits per heavy atom. The van der Waals surface area contributed by atoms with E-state index in [0.29, 0.717) is 38.0 Å². The van der Waals surface area contributed by atoms with Gasteiger partial charge >= 0.3 is 0 Å². The second-order valence-corrected chi connectivity index (χ2v) is 7.53. The number of aromatic nitrogens is 4. The SMILES string of the molecule is Cc1cc(C)n(CC2CN(C(=O)c3ccn(C4CCCNC4)n3)CCO2)n1.Cl. The lowest BCUT2D eigenvalue weighted by Crippen LogP contribution is -2.47. The number of carbonyl (C=O) groups is 1. The number of carbonyl (C=O) groups excluding carboxylic acids is 1. The highest BCUT2D eigenvalue weighted by atomic mass is 35.5. The molecular formula is C19H29ClN6O2. The number of rotatable bonds is 4. The fraction of sp³-hybridized carbons (Fsp3) is 0.632. The first kappa shape index (κ1) is 20.8. The average molecular weight is 409 g/mol. The highest BCUT2D eigenvalue weighted by Crippen LogP contribution is 2.17. The zero-order valence-corrected chi connectivity index (χ0v) is 17.3. The van der Waals surface area contributed by atoms with Gasteiger partial charge in [-0.25, -0.2) is 0 Å². The molecule has 2 aromatic rings. The van der Waals surface area contributed by atoms with Crippen LogP contribution in [0.3, 0.4) is 0 Å². The summed E-state index contributed by atoms with van der Waals surface area (Å²) in [5.74, 6) is -0.0146. The molecule has 0 aliphatic carbocycles. The Morgan fingerprint density at radius 1 is 1.36 bits per heavy atom. The number of aryl methyl sites for hydroxylation is 2. The van der Waals surface area contributed by atoms with E-state index >= 15 is 0 Å². The van der Waals surface area contributed by atoms with Crippen molar-refractivity contribution in [3.8, 4) is 0 Å². The monoisotopic (exact) mass is 408 g/mol. The minimum Gasteiger partial charge on any atom is -0.373 e. The molecule has 4 heterocycles. The van der Waals surface area contributed by atoms with Crippen LogP contribution in [0.25, 0.3) is 0 Å². The van der Waals surface area contributed by atoms with Gasteiger partial charge in [0.05, 0.1) is 31.0 Å². The summed E-state index contributed by atoms with van der Waals surface area (Å²) < 4.78 is 9.77. The summed E-state index contributed by atoms with van der Waals surface area (Å²) in [7, 11) is 0. The van der Waals surface area contributed by atoms with Gasteiger partial charge in [-0.1, -0.05) is 0 Å². The van der Waals surface area contributed by atoms with Crippen LogP contribution in [0.2, 0.25) is 0 Å². The Hall–Kier alpha value is -1.90. The molecule has 2 aliphatic rings. The van der Waals surface area contributed by atoms with Gasteiger partial charge in [-0.2, -0.15) is 10.2 Å². The van der Waals surface area contributed by atoms with Gasteiger partial charge in [0.2, 0.25) is 0 Å². The molecular weight excluding hydrogens is 380 g/mol. The van der Waals surface area contributed by atoms with E-state index in [4.69, 9.17) is 4.74 Å². The van der Waals surface area contributed by atoms with Gasteiger partial charge in [-0.3, -0.25) is 14.2 Å². The van der Waals surface area contributed by atoms with Gasteiger partial charge in [0.15, 0.2) is 0 Å². The van der Waals surface area contributed by atoms with Gasteiger partial charge in [-0.15, -0.1) is 12.4 Å². The number of halogens is 1. The summed E-state index contributed by atoms with van der Waals surface area (Å²) in [6.45, 7) is 8.37. The maximum Gasteiger partial charge on any atom is 0.274 e. The molecule has 2 aliphatic heterocycles. The molecule has 9 heteroatoms. The Balaban J connectivity index is 0.00000225. The third-order valence-corrected chi connectivity index (χ3v) is 5.38. The van der Waals surface area contributed by atoms with Crippen LogP contribution >= 0.6 is 12.4 Å². The molecule has 2 saturated heterocycles. The third kappa shape index (κ3) is 4.56. The Labute approximate surface area is 171 Å². The van der Waals surface area contributed by atoms with E-state index in [2.05, 4.69) is 21.6 Å². The quantitative estimate of drug-likeness (QED) is 0.831. The van der Waals surface area contributed by atoms with E-state index in [-0.39, 0.29) is 24.4 Å². The van der Waals surface area contributed by atoms with Crippen LogP contribution in [0.15, 0.2) is 18.3 Å². The van der Waals surface area contributed by atoms with Crippen molar-refractivity contribution in [2.24, 2.45) is 0 Å². The molecule has 8 nitrogen and oxygen atoms in total. The van der Waals surface area contributed by atoms with E-state index in [1.165, 1.54) is 0 Å². The lowest BCUT2D eigenvalue weighted by molar-refractivity contribution is -0.0304. The van der Waals surface area contributed by atoms with E-state index in [0.717, 1.165) is 37.3 Å². The van der Waals surface area contributed by atoms with E-state index < -0.39 is 0 Å². The highest BCUT2D eigenvalue weighted by Gasteiger charge is 2.27. The molecule has 0 bridgehead atoms. The first-order valence-electron chi connectivity index (χ1n) is 9.78. The predicted molar refractivity (Wildman–Crippen MR) is 108 cm³/mol. The fourth-order valence-corrected chi connectivity index (χ4v) is 3.94. The van der Waals surface area contributed by atoms with Crippen LogP contribution in [0.4, 0.5) is 0 Å². The van der Waals surface area contributed by atoms with Gasteiger partial charge in [0.1, 0.15) is 5.69 Å². The molecule has 28 heavy (non-hydrogen) atoms. The molecule has 0 saturated carbocycles. The Bertz CT molecular complexity index is 798. The molecule has 0 aromatic carbocycles. The van der Waals surface area contributed by atoms with Crippen LogP contribution in [0.5, 0.6) is 0 Å². The lowest BCUT2D eigenvalue weighted by Gasteiger charge is -2.32. The number of hydrogen-bond donors (Lipinski definition) is 1. The molecule has 2 fully saturated rings. The lowest BCUT2D eigenvalue weighted by atomic mass is 10.1. The molecule has 1 amide bonds. The fourth-order valence-electron chi connectivity index (χ4n) is 3.94. The molecule has 0 radical (unpaired) electrons. The molecule has 4 rings (SSSR count). The number of nitrogens with zero attached hydrogens (tertiary/aromatic N) is 5. The standard InChI is InChI=1S/C19H28N6O2.ClH/c1-14-10-15(2)25(21-14)13-17-12-23(8-9-27-17)19(26)18-5-7-24(22-18)16-4-3-6-20-11-16;/h5,7,10,16-17,20H,3-4,6,8-9,11-13H2,1-2H3;1H. The van der Waals surface area contributed by atoms with Gasteiger partial charge < -0.3 is 15.0 Å². The second kappa shape index (κ2) is 9.07. The van der Waals surface area contributed by atoms with Gasteiger partial charge in [-0.05, 0) is 45.4 Å². The first-order valence-corrected chi connectivity index (χ1v) is 9.78. The van der Waals surface area contributed by atoms with Gasteiger partial charge in [0, 0.05) is 31.5 Å². The molecule has 2 atom stereocenters. The van der Waals surface area contributed by atoms with Crippen LogP contribution in [0, 0.1) is 13.8 Å². The van der Waals surface area contributed by atoms with Crippen molar-refractivity contribution < 1.29 is 9.53 Å². The van der Waals surface area contributed by atoms with Crippen molar-refractivity contribution in [3.05, 3.63) is 35.4 Å². The highest BCUT2D eigenvalue weighted by molar-refractivity contribution is 5.92. The van der Waals surface area contributed by atoms with Gasteiger partial charge in [0.25, 0.3) is 5.91 Å². The number of hydrogen-bond acceptors (Lipinski definition) is 5.